The molecule has 1 aromatic rings. The van der Waals surface area contributed by atoms with Crippen molar-refractivity contribution in [2.24, 2.45) is 17.6 Å². The molecule has 1 aliphatic rings. The molecule has 0 heterocycles. The molecule has 1 aliphatic carbocycles. The smallest absolute Gasteiger partial charge is 0.330 e. The van der Waals surface area contributed by atoms with Gasteiger partial charge in [0.25, 0.3) is 0 Å². The van der Waals surface area contributed by atoms with Crippen molar-refractivity contribution in [1.29, 1.82) is 0 Å². The molecule has 0 radical (unpaired) electrons. The minimum Gasteiger partial charge on any atom is -0.330 e. The lowest BCUT2D eigenvalue weighted by Crippen LogP contribution is -2.31. The van der Waals surface area contributed by atoms with E-state index in [0.717, 1.165) is 69.3 Å². The van der Waals surface area contributed by atoms with Crippen molar-refractivity contribution in [2.45, 2.75) is 64.5 Å². The Morgan fingerprint density at radius 2 is 1.96 bits per heavy atom. The number of hydrogen-bond donors (Lipinski definition) is 2. The largest absolute Gasteiger partial charge is 0.416 e. The molecule has 0 spiro atoms. The van der Waals surface area contributed by atoms with E-state index in [2.05, 4.69) is 12.2 Å². The Bertz CT molecular complexity index is 557. The molecule has 3 atom stereocenters. The molecular weight excluding hydrogens is 337 g/mol. The Hall–Kier alpha value is -1.07. The lowest BCUT2D eigenvalue weighted by Gasteiger charge is -2.37. The van der Waals surface area contributed by atoms with Crippen LogP contribution >= 0.6 is 0 Å². The van der Waals surface area contributed by atoms with Gasteiger partial charge in [0.15, 0.2) is 0 Å². The summed E-state index contributed by atoms with van der Waals surface area (Å²) in [4.78, 5) is 0. The van der Waals surface area contributed by atoms with Gasteiger partial charge in [0.05, 0.1) is 5.56 Å². The average molecular weight is 371 g/mol. The standard InChI is InChI=1S/C21H33F3N2/c1-3-17-8-7-16(14-26-11-5-4-10-25)12-20(17)19-13-18(21(22,23)24)9-6-15(19)2/h6,9,13,16-17,20,26H,3-5,7-8,10-12,14,25H2,1-2H3. The topological polar surface area (TPSA) is 38.0 Å². The molecule has 3 N–H and O–H groups in total. The van der Waals surface area contributed by atoms with Crippen LogP contribution in [-0.2, 0) is 6.18 Å². The van der Waals surface area contributed by atoms with Gasteiger partial charge < -0.3 is 11.1 Å². The second kappa shape index (κ2) is 9.75. The van der Waals surface area contributed by atoms with Crippen molar-refractivity contribution in [2.75, 3.05) is 19.6 Å². The third kappa shape index (κ3) is 5.71. The lowest BCUT2D eigenvalue weighted by atomic mass is 9.69. The fraction of sp³-hybridized carbons (Fsp3) is 0.714. The van der Waals surface area contributed by atoms with Crippen LogP contribution in [0.4, 0.5) is 13.2 Å². The van der Waals surface area contributed by atoms with E-state index in [1.807, 2.05) is 6.92 Å². The summed E-state index contributed by atoms with van der Waals surface area (Å²) in [6, 6.07) is 4.25. The van der Waals surface area contributed by atoms with E-state index in [1.54, 1.807) is 6.07 Å². The summed E-state index contributed by atoms with van der Waals surface area (Å²) >= 11 is 0. The molecule has 1 aromatic carbocycles. The van der Waals surface area contributed by atoms with Gasteiger partial charge in [-0.1, -0.05) is 19.4 Å². The Morgan fingerprint density at radius 3 is 2.62 bits per heavy atom. The van der Waals surface area contributed by atoms with Crippen molar-refractivity contribution in [3.05, 3.63) is 34.9 Å². The zero-order valence-electron chi connectivity index (χ0n) is 16.0. The molecule has 0 saturated heterocycles. The van der Waals surface area contributed by atoms with Gasteiger partial charge in [-0.3, -0.25) is 0 Å². The number of hydrogen-bond acceptors (Lipinski definition) is 2. The summed E-state index contributed by atoms with van der Waals surface area (Å²) in [6.45, 7) is 6.75. The van der Waals surface area contributed by atoms with E-state index < -0.39 is 11.7 Å². The van der Waals surface area contributed by atoms with Crippen LogP contribution in [0, 0.1) is 18.8 Å². The minimum absolute atomic E-state index is 0.229. The summed E-state index contributed by atoms with van der Waals surface area (Å²) in [5.74, 6) is 1.24. The molecule has 2 nitrogen and oxygen atoms in total. The molecule has 1 fully saturated rings. The Morgan fingerprint density at radius 1 is 1.19 bits per heavy atom. The number of halogens is 3. The molecule has 3 unspecified atom stereocenters. The highest BCUT2D eigenvalue weighted by Crippen LogP contribution is 2.44. The van der Waals surface area contributed by atoms with E-state index in [-0.39, 0.29) is 5.92 Å². The van der Waals surface area contributed by atoms with Gasteiger partial charge in [0.1, 0.15) is 0 Å². The van der Waals surface area contributed by atoms with E-state index >= 15 is 0 Å². The molecule has 0 aliphatic heterocycles. The number of benzene rings is 1. The molecule has 0 amide bonds. The molecule has 1 saturated carbocycles. The minimum atomic E-state index is -4.28. The first-order valence-corrected chi connectivity index (χ1v) is 9.95. The lowest BCUT2D eigenvalue weighted by molar-refractivity contribution is -0.137. The Labute approximate surface area is 155 Å². The fourth-order valence-electron chi connectivity index (χ4n) is 4.29. The second-order valence-electron chi connectivity index (χ2n) is 7.72. The first kappa shape index (κ1) is 21.2. The zero-order chi connectivity index (χ0) is 19.2. The molecular formula is C21H33F3N2. The first-order valence-electron chi connectivity index (χ1n) is 9.95. The molecule has 5 heteroatoms. The van der Waals surface area contributed by atoms with Gasteiger partial charge in [0.2, 0.25) is 0 Å². The van der Waals surface area contributed by atoms with Crippen LogP contribution in [0.5, 0.6) is 0 Å². The van der Waals surface area contributed by atoms with Crippen LogP contribution in [0.3, 0.4) is 0 Å². The van der Waals surface area contributed by atoms with E-state index in [1.165, 1.54) is 12.1 Å². The summed E-state index contributed by atoms with van der Waals surface area (Å²) in [5, 5.41) is 3.51. The molecule has 0 bridgehead atoms. The Kier molecular flexibility index (Phi) is 7.96. The molecule has 0 aromatic heterocycles. The maximum Gasteiger partial charge on any atom is 0.416 e. The average Bonchev–Trinajstić information content (AvgIpc) is 2.61. The summed E-state index contributed by atoms with van der Waals surface area (Å²) < 4.78 is 39.5. The van der Waals surface area contributed by atoms with Crippen LogP contribution in [-0.4, -0.2) is 19.6 Å². The zero-order valence-corrected chi connectivity index (χ0v) is 16.0. The van der Waals surface area contributed by atoms with Crippen molar-refractivity contribution < 1.29 is 13.2 Å². The van der Waals surface area contributed by atoms with Gasteiger partial charge in [0, 0.05) is 0 Å². The molecule has 26 heavy (non-hydrogen) atoms. The van der Waals surface area contributed by atoms with Crippen LogP contribution in [0.25, 0.3) is 0 Å². The maximum absolute atomic E-state index is 13.2. The number of aryl methyl sites for hydroxylation is 1. The van der Waals surface area contributed by atoms with Crippen LogP contribution < -0.4 is 11.1 Å². The van der Waals surface area contributed by atoms with E-state index in [9.17, 15) is 13.2 Å². The summed E-state index contributed by atoms with van der Waals surface area (Å²) in [6.07, 6.45) is 2.10. The highest BCUT2D eigenvalue weighted by atomic mass is 19.4. The van der Waals surface area contributed by atoms with Gasteiger partial charge >= 0.3 is 6.18 Å². The fourth-order valence-corrected chi connectivity index (χ4v) is 4.29. The number of alkyl halides is 3. The normalized spacial score (nSPS) is 24.0. The van der Waals surface area contributed by atoms with Crippen molar-refractivity contribution in [3.8, 4) is 0 Å². The number of nitrogens with one attached hydrogen (secondary N) is 1. The molecule has 148 valence electrons. The monoisotopic (exact) mass is 370 g/mol. The SMILES string of the molecule is CCC1CCC(CNCCCCN)CC1c1cc(C(F)(F)F)ccc1C. The van der Waals surface area contributed by atoms with Gasteiger partial charge in [-0.2, -0.15) is 13.2 Å². The van der Waals surface area contributed by atoms with Crippen molar-refractivity contribution >= 4 is 0 Å². The summed E-state index contributed by atoms with van der Waals surface area (Å²) in [7, 11) is 0. The number of rotatable bonds is 8. The van der Waals surface area contributed by atoms with E-state index in [0.29, 0.717) is 11.8 Å². The van der Waals surface area contributed by atoms with Crippen LogP contribution in [0.1, 0.15) is 68.1 Å². The maximum atomic E-state index is 13.2. The van der Waals surface area contributed by atoms with Crippen molar-refractivity contribution in [3.63, 3.8) is 0 Å². The van der Waals surface area contributed by atoms with Crippen molar-refractivity contribution in [1.82, 2.24) is 5.32 Å². The van der Waals surface area contributed by atoms with Gasteiger partial charge in [-0.15, -0.1) is 0 Å². The predicted molar refractivity (Wildman–Crippen MR) is 101 cm³/mol. The first-order chi connectivity index (χ1) is 12.4. The van der Waals surface area contributed by atoms with Gasteiger partial charge in [-0.05, 0) is 99.7 Å². The second-order valence-corrected chi connectivity index (χ2v) is 7.72. The highest BCUT2D eigenvalue weighted by molar-refractivity contribution is 5.36. The number of unbranched alkanes of at least 4 members (excludes halogenated alkanes) is 1. The van der Waals surface area contributed by atoms with Crippen LogP contribution in [0.2, 0.25) is 0 Å². The predicted octanol–water partition coefficient (Wildman–Crippen LogP) is 5.25. The summed E-state index contributed by atoms with van der Waals surface area (Å²) in [5.41, 5.74) is 6.88. The quantitative estimate of drug-likeness (QED) is 0.613. The van der Waals surface area contributed by atoms with Gasteiger partial charge in [-0.25, -0.2) is 0 Å². The third-order valence-corrected chi connectivity index (χ3v) is 5.87. The number of nitrogens with two attached hydrogens (primary N) is 1. The van der Waals surface area contributed by atoms with E-state index in [4.69, 9.17) is 5.73 Å². The molecule has 2 rings (SSSR count). The Balaban J connectivity index is 2.09. The third-order valence-electron chi connectivity index (χ3n) is 5.87. The van der Waals surface area contributed by atoms with Crippen LogP contribution in [0.15, 0.2) is 18.2 Å². The highest BCUT2D eigenvalue weighted by Gasteiger charge is 2.35.